The Kier molecular flexibility index (Phi) is 11.9. The molecule has 0 spiro atoms. The summed E-state index contributed by atoms with van der Waals surface area (Å²) in [6.07, 6.45) is 20.2. The third-order valence-electron chi connectivity index (χ3n) is 3.10. The second kappa shape index (κ2) is 13.1. The van der Waals surface area contributed by atoms with Crippen molar-refractivity contribution in [3.63, 3.8) is 0 Å². The Morgan fingerprint density at radius 3 is 2.19 bits per heavy atom. The highest BCUT2D eigenvalue weighted by molar-refractivity contribution is 5.73. The predicted molar refractivity (Wildman–Crippen MR) is 85.5 cm³/mol. The van der Waals surface area contributed by atoms with Gasteiger partial charge in [-0.1, -0.05) is 37.0 Å². The molecule has 0 rings (SSSR count). The van der Waals surface area contributed by atoms with Crippen molar-refractivity contribution in [1.82, 2.24) is 10.2 Å². The van der Waals surface area contributed by atoms with Gasteiger partial charge in [0.25, 0.3) is 0 Å². The summed E-state index contributed by atoms with van der Waals surface area (Å²) in [4.78, 5) is 13.0. The maximum absolute atomic E-state index is 11.0. The van der Waals surface area contributed by atoms with Crippen LogP contribution in [-0.4, -0.2) is 48.2 Å². The Balaban J connectivity index is 3.75. The molecule has 0 radical (unpaired) electrons. The van der Waals surface area contributed by atoms with E-state index in [0.717, 1.165) is 32.2 Å². The molecular weight excluding hydrogens is 264 g/mol. The first kappa shape index (κ1) is 19.1. The second-order valence-corrected chi connectivity index (χ2v) is 4.80. The van der Waals surface area contributed by atoms with Crippen LogP contribution in [0.2, 0.25) is 0 Å². The summed E-state index contributed by atoms with van der Waals surface area (Å²) >= 11 is 0. The molecule has 0 aliphatic heterocycles. The van der Waals surface area contributed by atoms with E-state index in [1.165, 1.54) is 0 Å². The molecule has 4 heteroatoms. The van der Waals surface area contributed by atoms with E-state index in [0.29, 0.717) is 19.5 Å². The van der Waals surface area contributed by atoms with Gasteiger partial charge in [-0.2, -0.15) is 0 Å². The summed E-state index contributed by atoms with van der Waals surface area (Å²) in [5.74, 6) is 6.72. The van der Waals surface area contributed by atoms with Gasteiger partial charge in [-0.15, -0.1) is 19.3 Å². The second-order valence-electron chi connectivity index (χ2n) is 4.80. The number of carbonyl (C=O) groups is 1. The highest BCUT2D eigenvalue weighted by Crippen LogP contribution is 2.07. The van der Waals surface area contributed by atoms with Crippen LogP contribution >= 0.6 is 0 Å². The predicted octanol–water partition coefficient (Wildman–Crippen LogP) is 1.18. The quantitative estimate of drug-likeness (QED) is 0.418. The van der Waals surface area contributed by atoms with Crippen LogP contribution in [0, 0.1) is 37.0 Å². The average Bonchev–Trinajstić information content (AvgIpc) is 2.45. The fourth-order valence-corrected chi connectivity index (χ4v) is 2.00. The topological polar surface area (TPSA) is 52.6 Å². The number of nitrogens with one attached hydrogen (secondary N) is 1. The van der Waals surface area contributed by atoms with Crippen molar-refractivity contribution in [2.45, 2.75) is 38.1 Å². The molecule has 0 unspecified atom stereocenters. The molecule has 21 heavy (non-hydrogen) atoms. The van der Waals surface area contributed by atoms with Gasteiger partial charge >= 0.3 is 5.97 Å². The van der Waals surface area contributed by atoms with E-state index in [-0.39, 0.29) is 6.54 Å². The van der Waals surface area contributed by atoms with E-state index >= 15 is 0 Å². The third kappa shape index (κ3) is 10.5. The first-order valence-corrected chi connectivity index (χ1v) is 7.14. The van der Waals surface area contributed by atoms with E-state index < -0.39 is 12.0 Å². The molecule has 2 N–H and O–H groups in total. The van der Waals surface area contributed by atoms with E-state index in [1.54, 1.807) is 0 Å². The van der Waals surface area contributed by atoms with Gasteiger partial charge in [0.15, 0.2) is 0 Å². The summed E-state index contributed by atoms with van der Waals surface area (Å²) in [6.45, 7) is 2.30. The zero-order chi connectivity index (χ0) is 15.9. The lowest BCUT2D eigenvalue weighted by molar-refractivity contribution is -0.139. The number of carboxylic acids is 1. The first-order valence-electron chi connectivity index (χ1n) is 7.14. The van der Waals surface area contributed by atoms with Crippen LogP contribution in [0.25, 0.3) is 0 Å². The molecular formula is C17H24N2O2. The van der Waals surface area contributed by atoms with Gasteiger partial charge in [-0.3, -0.25) is 15.0 Å². The maximum atomic E-state index is 11.0. The van der Waals surface area contributed by atoms with Crippen molar-refractivity contribution >= 4 is 5.97 Å². The van der Waals surface area contributed by atoms with Gasteiger partial charge in [-0.25, -0.2) is 0 Å². The van der Waals surface area contributed by atoms with Crippen molar-refractivity contribution < 1.29 is 9.90 Å². The lowest BCUT2D eigenvalue weighted by Gasteiger charge is -2.16. The molecule has 0 aromatic heterocycles. The van der Waals surface area contributed by atoms with Gasteiger partial charge in [0, 0.05) is 6.54 Å². The zero-order valence-corrected chi connectivity index (χ0v) is 12.5. The van der Waals surface area contributed by atoms with Crippen molar-refractivity contribution in [1.29, 1.82) is 0 Å². The Hall–Kier alpha value is -1.93. The number of unbranched alkanes of at least 4 members (excludes halogenated alkanes) is 3. The molecule has 0 saturated heterocycles. The van der Waals surface area contributed by atoms with Crippen LogP contribution in [0.15, 0.2) is 0 Å². The highest BCUT2D eigenvalue weighted by Gasteiger charge is 2.15. The van der Waals surface area contributed by atoms with Crippen molar-refractivity contribution in [2.24, 2.45) is 0 Å². The molecule has 0 aromatic carbocycles. The standard InChI is InChI=1S/C17H24N2O2/c1-4-12-18-16(17(20)21)11-9-7-8-10-15-19(13-5-2)14-6-3/h1-3,16,18H,7-15H2,(H,20,21)/t16-/m0/s1. The van der Waals surface area contributed by atoms with Crippen molar-refractivity contribution in [3.8, 4) is 37.0 Å². The summed E-state index contributed by atoms with van der Waals surface area (Å²) in [5, 5.41) is 11.8. The minimum atomic E-state index is -0.848. The van der Waals surface area contributed by atoms with Gasteiger partial charge in [0.05, 0.1) is 19.6 Å². The first-order chi connectivity index (χ1) is 10.2. The number of terminal acetylenes is 3. The number of rotatable bonds is 12. The monoisotopic (exact) mass is 288 g/mol. The number of carboxylic acid groups (broad SMARTS) is 1. The molecule has 0 fully saturated rings. The molecule has 0 amide bonds. The van der Waals surface area contributed by atoms with Crippen molar-refractivity contribution in [3.05, 3.63) is 0 Å². The number of aliphatic carboxylic acids is 1. The van der Waals surface area contributed by atoms with E-state index in [4.69, 9.17) is 24.4 Å². The largest absolute Gasteiger partial charge is 0.480 e. The minimum absolute atomic E-state index is 0.282. The van der Waals surface area contributed by atoms with Crippen molar-refractivity contribution in [2.75, 3.05) is 26.2 Å². The minimum Gasteiger partial charge on any atom is -0.480 e. The molecule has 0 saturated carbocycles. The van der Waals surface area contributed by atoms with Gasteiger partial charge in [0.2, 0.25) is 0 Å². The van der Waals surface area contributed by atoms with E-state index in [1.807, 2.05) is 0 Å². The van der Waals surface area contributed by atoms with Gasteiger partial charge < -0.3 is 5.11 Å². The lowest BCUT2D eigenvalue weighted by atomic mass is 10.1. The number of hydrogen-bond donors (Lipinski definition) is 2. The molecule has 0 heterocycles. The number of nitrogens with zero attached hydrogens (tertiary/aromatic N) is 1. The van der Waals surface area contributed by atoms with E-state index in [2.05, 4.69) is 28.0 Å². The Morgan fingerprint density at radius 1 is 1.05 bits per heavy atom. The zero-order valence-electron chi connectivity index (χ0n) is 12.5. The van der Waals surface area contributed by atoms with Crippen LogP contribution < -0.4 is 5.32 Å². The summed E-state index contributed by atoms with van der Waals surface area (Å²) < 4.78 is 0. The molecule has 0 aliphatic carbocycles. The SMILES string of the molecule is C#CCN[C@@H](CCCCCCN(CC#C)CC#C)C(=O)O. The van der Waals surface area contributed by atoms with Gasteiger partial charge in [0.1, 0.15) is 6.04 Å². The van der Waals surface area contributed by atoms with Crippen LogP contribution in [-0.2, 0) is 4.79 Å². The summed E-state index contributed by atoms with van der Waals surface area (Å²) in [5.41, 5.74) is 0. The summed E-state index contributed by atoms with van der Waals surface area (Å²) in [7, 11) is 0. The molecule has 0 aliphatic rings. The molecule has 1 atom stereocenters. The molecule has 4 nitrogen and oxygen atoms in total. The maximum Gasteiger partial charge on any atom is 0.320 e. The highest BCUT2D eigenvalue weighted by atomic mass is 16.4. The molecule has 114 valence electrons. The normalized spacial score (nSPS) is 11.3. The number of hydrogen-bond acceptors (Lipinski definition) is 3. The Morgan fingerprint density at radius 2 is 1.67 bits per heavy atom. The fraction of sp³-hybridized carbons (Fsp3) is 0.588. The molecule has 0 aromatic rings. The lowest BCUT2D eigenvalue weighted by Crippen LogP contribution is -2.36. The third-order valence-corrected chi connectivity index (χ3v) is 3.10. The summed E-state index contributed by atoms with van der Waals surface area (Å²) in [6, 6.07) is -0.555. The Bertz CT molecular complexity index is 396. The average molecular weight is 288 g/mol. The fourth-order valence-electron chi connectivity index (χ4n) is 2.00. The van der Waals surface area contributed by atoms with Crippen LogP contribution in [0.4, 0.5) is 0 Å². The van der Waals surface area contributed by atoms with Crippen LogP contribution in [0.5, 0.6) is 0 Å². The van der Waals surface area contributed by atoms with Crippen LogP contribution in [0.1, 0.15) is 32.1 Å². The van der Waals surface area contributed by atoms with E-state index in [9.17, 15) is 4.79 Å². The molecule has 0 bridgehead atoms. The van der Waals surface area contributed by atoms with Crippen LogP contribution in [0.3, 0.4) is 0 Å². The van der Waals surface area contributed by atoms with Gasteiger partial charge in [-0.05, 0) is 12.8 Å². The Labute approximate surface area is 128 Å². The smallest absolute Gasteiger partial charge is 0.320 e.